The number of carboxylic acid groups (broad SMARTS) is 1. The van der Waals surface area contributed by atoms with Crippen LogP contribution in [0.1, 0.15) is 56.0 Å². The lowest BCUT2D eigenvalue weighted by molar-refractivity contribution is -0.137. The van der Waals surface area contributed by atoms with E-state index in [9.17, 15) is 32.7 Å². The van der Waals surface area contributed by atoms with E-state index in [-0.39, 0.29) is 31.7 Å². The molecule has 0 aliphatic heterocycles. The Morgan fingerprint density at radius 2 is 1.60 bits per heavy atom. The first-order valence-electron chi connectivity index (χ1n) is 13.8. The molecule has 2 aromatic carbocycles. The Morgan fingerprint density at radius 3 is 2.21 bits per heavy atom. The van der Waals surface area contributed by atoms with E-state index in [1.807, 2.05) is 30.3 Å². The average Bonchev–Trinajstić information content (AvgIpc) is 3.44. The number of carbonyl (C=O) groups excluding carboxylic acids is 2. The number of benzene rings is 2. The molecule has 0 aliphatic rings. The molecule has 3 amide bonds. The van der Waals surface area contributed by atoms with Gasteiger partial charge in [0.1, 0.15) is 11.6 Å². The van der Waals surface area contributed by atoms with Crippen molar-refractivity contribution in [1.82, 2.24) is 10.2 Å². The van der Waals surface area contributed by atoms with E-state index in [0.29, 0.717) is 17.7 Å². The Hall–Kier alpha value is -4.06. The number of hydrogen-bond acceptors (Lipinski definition) is 5. The molecule has 0 spiro atoms. The molecule has 43 heavy (non-hydrogen) atoms. The van der Waals surface area contributed by atoms with Crippen molar-refractivity contribution in [2.75, 3.05) is 11.4 Å². The summed E-state index contributed by atoms with van der Waals surface area (Å²) >= 11 is 1.29. The van der Waals surface area contributed by atoms with Crippen LogP contribution in [0.15, 0.2) is 72.1 Å². The van der Waals surface area contributed by atoms with Crippen LogP contribution in [0.5, 0.6) is 0 Å². The van der Waals surface area contributed by atoms with Gasteiger partial charge < -0.3 is 25.0 Å². The summed E-state index contributed by atoms with van der Waals surface area (Å²) in [6.07, 6.45) is -6.01. The zero-order valence-corrected chi connectivity index (χ0v) is 25.1. The van der Waals surface area contributed by atoms with Gasteiger partial charge in [-0.1, -0.05) is 48.5 Å². The van der Waals surface area contributed by atoms with Gasteiger partial charge in [-0.3, -0.25) is 4.79 Å². The number of amides is 3. The zero-order chi connectivity index (χ0) is 31.6. The highest BCUT2D eigenvalue weighted by molar-refractivity contribution is 7.09. The molecular weight excluding hydrogens is 583 g/mol. The second-order valence-corrected chi connectivity index (χ2v) is 11.9. The Labute approximate surface area is 253 Å². The molecule has 2 N–H and O–H groups in total. The summed E-state index contributed by atoms with van der Waals surface area (Å²) in [7, 11) is 0. The van der Waals surface area contributed by atoms with Crippen LogP contribution in [-0.4, -0.2) is 46.3 Å². The molecular formula is C31H36F3N3O5S. The number of rotatable bonds is 12. The lowest BCUT2D eigenvalue weighted by Crippen LogP contribution is -2.50. The number of thiophene rings is 1. The van der Waals surface area contributed by atoms with Crippen LogP contribution in [-0.2, 0) is 28.8 Å². The molecule has 1 aromatic heterocycles. The van der Waals surface area contributed by atoms with Gasteiger partial charge >= 0.3 is 18.4 Å². The van der Waals surface area contributed by atoms with E-state index in [4.69, 9.17) is 4.74 Å². The molecule has 1 atom stereocenters. The summed E-state index contributed by atoms with van der Waals surface area (Å²) in [6, 6.07) is 16.1. The molecule has 0 saturated carbocycles. The van der Waals surface area contributed by atoms with Crippen LogP contribution in [0, 0.1) is 0 Å². The smallest absolute Gasteiger partial charge is 0.418 e. The predicted octanol–water partition coefficient (Wildman–Crippen LogP) is 7.54. The third-order valence-electron chi connectivity index (χ3n) is 6.31. The SMILES string of the molecule is CC(C)(C)OC(=O)N[C@@H](CCCCN(Cc1ccccc1)C(=O)O)C(=O)N(Cc1cccs1)c1ccccc1C(F)(F)F. The standard InChI is InChI=1S/C31H36F3N3O5S/c1-30(2,3)42-28(39)35-25(16-9-10-18-36(29(40)41)20-22-12-5-4-6-13-22)27(38)37(21-23-14-11-19-43-23)26-17-8-7-15-24(26)31(32,33)34/h4-8,11-15,17,19,25H,9-10,16,18,20-21H2,1-3H3,(H,35,39)(H,40,41)/t25-/m0/s1. The maximum atomic E-state index is 14.0. The monoisotopic (exact) mass is 619 g/mol. The van der Waals surface area contributed by atoms with Crippen LogP contribution >= 0.6 is 11.3 Å². The van der Waals surface area contributed by atoms with Gasteiger partial charge in [0.25, 0.3) is 0 Å². The molecule has 0 radical (unpaired) electrons. The molecule has 0 aliphatic carbocycles. The summed E-state index contributed by atoms with van der Waals surface area (Å²) in [5.41, 5.74) is -1.37. The highest BCUT2D eigenvalue weighted by Gasteiger charge is 2.37. The minimum atomic E-state index is -4.72. The van der Waals surface area contributed by atoms with Gasteiger partial charge in [0.15, 0.2) is 0 Å². The van der Waals surface area contributed by atoms with Gasteiger partial charge in [-0.2, -0.15) is 13.2 Å². The highest BCUT2D eigenvalue weighted by Crippen LogP contribution is 2.37. The van der Waals surface area contributed by atoms with Gasteiger partial charge in [-0.15, -0.1) is 11.3 Å². The number of nitrogens with zero attached hydrogens (tertiary/aromatic N) is 2. The van der Waals surface area contributed by atoms with Gasteiger partial charge in [0, 0.05) is 18.0 Å². The fourth-order valence-corrected chi connectivity index (χ4v) is 5.07. The minimum Gasteiger partial charge on any atom is -0.465 e. The fourth-order valence-electron chi connectivity index (χ4n) is 4.38. The van der Waals surface area contributed by atoms with Gasteiger partial charge in [0.2, 0.25) is 5.91 Å². The van der Waals surface area contributed by atoms with Crippen LogP contribution in [0.3, 0.4) is 0 Å². The van der Waals surface area contributed by atoms with E-state index < -0.39 is 41.5 Å². The van der Waals surface area contributed by atoms with Crippen molar-refractivity contribution in [3.63, 3.8) is 0 Å². The zero-order valence-electron chi connectivity index (χ0n) is 24.3. The fraction of sp³-hybridized carbons (Fsp3) is 0.387. The van der Waals surface area contributed by atoms with Gasteiger partial charge in [-0.05, 0) is 69.2 Å². The number of anilines is 1. The number of unbranched alkanes of at least 4 members (excludes halogenated alkanes) is 1. The lowest BCUT2D eigenvalue weighted by Gasteiger charge is -2.30. The van der Waals surface area contributed by atoms with Crippen LogP contribution in [0.2, 0.25) is 0 Å². The first-order valence-corrected chi connectivity index (χ1v) is 14.6. The number of halogens is 3. The number of hydrogen-bond donors (Lipinski definition) is 2. The van der Waals surface area contributed by atoms with Gasteiger partial charge in [0.05, 0.1) is 17.8 Å². The molecule has 0 saturated heterocycles. The lowest BCUT2D eigenvalue weighted by atomic mass is 10.1. The minimum absolute atomic E-state index is 0.0476. The Bertz CT molecular complexity index is 1340. The van der Waals surface area contributed by atoms with Crippen molar-refractivity contribution in [2.45, 2.75) is 70.9 Å². The molecule has 3 aromatic rings. The Morgan fingerprint density at radius 1 is 0.930 bits per heavy atom. The van der Waals surface area contributed by atoms with E-state index in [2.05, 4.69) is 5.32 Å². The quantitative estimate of drug-likeness (QED) is 0.204. The summed E-state index contributed by atoms with van der Waals surface area (Å²) in [5, 5.41) is 14.0. The maximum Gasteiger partial charge on any atom is 0.418 e. The molecule has 0 bridgehead atoms. The molecule has 3 rings (SSSR count). The van der Waals surface area contributed by atoms with Crippen molar-refractivity contribution >= 4 is 35.1 Å². The van der Waals surface area contributed by atoms with E-state index in [1.54, 1.807) is 38.3 Å². The van der Waals surface area contributed by atoms with Crippen molar-refractivity contribution in [1.29, 1.82) is 0 Å². The van der Waals surface area contributed by atoms with Crippen LogP contribution < -0.4 is 10.2 Å². The van der Waals surface area contributed by atoms with Crippen molar-refractivity contribution in [3.8, 4) is 0 Å². The number of nitrogens with one attached hydrogen (secondary N) is 1. The molecule has 0 unspecified atom stereocenters. The predicted molar refractivity (Wildman–Crippen MR) is 159 cm³/mol. The third-order valence-corrected chi connectivity index (χ3v) is 7.17. The van der Waals surface area contributed by atoms with E-state index in [1.165, 1.54) is 34.4 Å². The maximum absolute atomic E-state index is 14.0. The summed E-state index contributed by atoms with van der Waals surface area (Å²) in [6.45, 7) is 5.16. The third kappa shape index (κ3) is 10.6. The van der Waals surface area contributed by atoms with Gasteiger partial charge in [-0.25, -0.2) is 9.59 Å². The topological polar surface area (TPSA) is 99.2 Å². The van der Waals surface area contributed by atoms with Crippen molar-refractivity contribution in [3.05, 3.63) is 88.1 Å². The van der Waals surface area contributed by atoms with E-state index >= 15 is 0 Å². The number of carbonyl (C=O) groups is 3. The average molecular weight is 620 g/mol. The first-order chi connectivity index (χ1) is 20.2. The Kier molecular flexibility index (Phi) is 11.6. The Balaban J connectivity index is 1.84. The summed E-state index contributed by atoms with van der Waals surface area (Å²) < 4.78 is 47.4. The van der Waals surface area contributed by atoms with Crippen LogP contribution in [0.4, 0.5) is 28.4 Å². The molecule has 232 valence electrons. The highest BCUT2D eigenvalue weighted by atomic mass is 32.1. The van der Waals surface area contributed by atoms with Crippen LogP contribution in [0.25, 0.3) is 0 Å². The second-order valence-electron chi connectivity index (χ2n) is 10.9. The largest absolute Gasteiger partial charge is 0.465 e. The number of alkyl halides is 3. The first kappa shape index (κ1) is 33.4. The molecule has 12 heteroatoms. The molecule has 0 fully saturated rings. The number of ether oxygens (including phenoxy) is 1. The van der Waals surface area contributed by atoms with Crippen molar-refractivity contribution < 1.29 is 37.4 Å². The van der Waals surface area contributed by atoms with E-state index in [0.717, 1.165) is 16.5 Å². The molecule has 1 heterocycles. The summed E-state index contributed by atoms with van der Waals surface area (Å²) in [4.78, 5) is 41.5. The number of para-hydroxylation sites is 1. The second kappa shape index (κ2) is 14.9. The van der Waals surface area contributed by atoms with Crippen molar-refractivity contribution in [2.24, 2.45) is 0 Å². The summed E-state index contributed by atoms with van der Waals surface area (Å²) in [5.74, 6) is -0.740. The number of alkyl carbamates (subject to hydrolysis) is 1. The molecule has 8 nitrogen and oxygen atoms in total. The normalized spacial score (nSPS) is 12.3.